The van der Waals surface area contributed by atoms with Crippen LogP contribution >= 0.6 is 11.8 Å². The molecule has 0 saturated carbocycles. The van der Waals surface area contributed by atoms with E-state index in [9.17, 15) is 4.79 Å². The van der Waals surface area contributed by atoms with Gasteiger partial charge in [-0.2, -0.15) is 4.68 Å². The molecule has 4 rings (SSSR count). The highest BCUT2D eigenvalue weighted by Crippen LogP contribution is 2.28. The standard InChI is InChI=1S/C27H30N6O3S/c1-20-9-12-22(13-10-20)29-26(34)19-36-24-14-11-21(17-25(24)35-2)18-28-15-6-16-37-27-30-31-32-33(27)23-7-4-3-5-8-23/h3-5,7-14,17,28H,6,15-16,18-19H2,1-2H3,(H,29,34). The van der Waals surface area contributed by atoms with Gasteiger partial charge in [0, 0.05) is 18.0 Å². The summed E-state index contributed by atoms with van der Waals surface area (Å²) in [4.78, 5) is 12.2. The number of benzene rings is 3. The van der Waals surface area contributed by atoms with E-state index < -0.39 is 0 Å². The summed E-state index contributed by atoms with van der Waals surface area (Å²) in [5, 5.41) is 19.1. The predicted octanol–water partition coefficient (Wildman–Crippen LogP) is 4.27. The molecule has 0 aliphatic rings. The number of nitrogens with one attached hydrogen (secondary N) is 2. The fourth-order valence-electron chi connectivity index (χ4n) is 3.51. The Morgan fingerprint density at radius 3 is 2.62 bits per heavy atom. The third-order valence-corrected chi connectivity index (χ3v) is 6.43. The first kappa shape index (κ1) is 26.2. The molecule has 1 amide bonds. The van der Waals surface area contributed by atoms with Gasteiger partial charge in [-0.3, -0.25) is 4.79 Å². The number of aryl methyl sites for hydroxylation is 1. The van der Waals surface area contributed by atoms with Crippen LogP contribution in [0.4, 0.5) is 5.69 Å². The van der Waals surface area contributed by atoms with Crippen molar-refractivity contribution in [1.29, 1.82) is 0 Å². The highest BCUT2D eigenvalue weighted by Gasteiger charge is 2.10. The number of anilines is 1. The second-order valence-electron chi connectivity index (χ2n) is 8.28. The van der Waals surface area contributed by atoms with Gasteiger partial charge in [0.15, 0.2) is 18.1 Å². The lowest BCUT2D eigenvalue weighted by atomic mass is 10.2. The van der Waals surface area contributed by atoms with Crippen molar-refractivity contribution in [3.8, 4) is 17.2 Å². The first-order chi connectivity index (χ1) is 18.1. The Balaban J connectivity index is 1.18. The van der Waals surface area contributed by atoms with Crippen LogP contribution in [0.25, 0.3) is 5.69 Å². The summed E-state index contributed by atoms with van der Waals surface area (Å²) in [7, 11) is 1.59. The molecule has 0 spiro atoms. The zero-order valence-corrected chi connectivity index (χ0v) is 21.7. The van der Waals surface area contributed by atoms with Crippen molar-refractivity contribution < 1.29 is 14.3 Å². The van der Waals surface area contributed by atoms with Crippen molar-refractivity contribution >= 4 is 23.4 Å². The molecule has 9 nitrogen and oxygen atoms in total. The van der Waals surface area contributed by atoms with Crippen LogP contribution in [0.15, 0.2) is 78.0 Å². The average molecular weight is 519 g/mol. The molecule has 0 radical (unpaired) electrons. The van der Waals surface area contributed by atoms with Crippen LogP contribution in [-0.2, 0) is 11.3 Å². The zero-order valence-electron chi connectivity index (χ0n) is 20.9. The van der Waals surface area contributed by atoms with Gasteiger partial charge in [0.1, 0.15) is 0 Å². The molecule has 0 fully saturated rings. The maximum absolute atomic E-state index is 12.2. The van der Waals surface area contributed by atoms with Gasteiger partial charge in [0.2, 0.25) is 5.16 Å². The molecule has 0 aliphatic carbocycles. The number of carbonyl (C=O) groups is 1. The number of tetrazole rings is 1. The molecule has 0 bridgehead atoms. The summed E-state index contributed by atoms with van der Waals surface area (Å²) in [6.07, 6.45) is 0.959. The number of aromatic nitrogens is 4. The smallest absolute Gasteiger partial charge is 0.262 e. The van der Waals surface area contributed by atoms with Crippen molar-refractivity contribution in [3.63, 3.8) is 0 Å². The third kappa shape index (κ3) is 7.80. The molecule has 37 heavy (non-hydrogen) atoms. The number of amides is 1. The molecular formula is C27H30N6O3S. The first-order valence-corrected chi connectivity index (χ1v) is 12.9. The number of carbonyl (C=O) groups excluding carboxylic acids is 1. The van der Waals surface area contributed by atoms with Gasteiger partial charge in [0.05, 0.1) is 12.8 Å². The minimum absolute atomic E-state index is 0.104. The van der Waals surface area contributed by atoms with Crippen LogP contribution in [0.3, 0.4) is 0 Å². The number of methoxy groups -OCH3 is 1. The Bertz CT molecular complexity index is 1280. The van der Waals surface area contributed by atoms with E-state index in [0.717, 1.165) is 46.4 Å². The van der Waals surface area contributed by atoms with Gasteiger partial charge in [-0.15, -0.1) is 5.10 Å². The number of rotatable bonds is 13. The van der Waals surface area contributed by atoms with Crippen LogP contribution in [0.5, 0.6) is 11.5 Å². The summed E-state index contributed by atoms with van der Waals surface area (Å²) in [6, 6.07) is 23.2. The van der Waals surface area contributed by atoms with E-state index in [0.29, 0.717) is 18.0 Å². The number of nitrogens with zero attached hydrogens (tertiary/aromatic N) is 4. The van der Waals surface area contributed by atoms with Crippen molar-refractivity contribution in [2.75, 3.05) is 31.3 Å². The van der Waals surface area contributed by atoms with E-state index in [-0.39, 0.29) is 12.5 Å². The average Bonchev–Trinajstić information content (AvgIpc) is 3.40. The van der Waals surface area contributed by atoms with Gasteiger partial charge in [-0.05, 0) is 72.3 Å². The largest absolute Gasteiger partial charge is 0.493 e. The van der Waals surface area contributed by atoms with Crippen molar-refractivity contribution in [2.45, 2.75) is 25.0 Å². The highest BCUT2D eigenvalue weighted by molar-refractivity contribution is 7.99. The van der Waals surface area contributed by atoms with Gasteiger partial charge in [-0.1, -0.05) is 53.7 Å². The Kier molecular flexibility index (Phi) is 9.50. The normalized spacial score (nSPS) is 10.8. The number of para-hydroxylation sites is 1. The molecule has 2 N–H and O–H groups in total. The number of hydrogen-bond donors (Lipinski definition) is 2. The highest BCUT2D eigenvalue weighted by atomic mass is 32.2. The number of hydrogen-bond acceptors (Lipinski definition) is 8. The van der Waals surface area contributed by atoms with Crippen LogP contribution < -0.4 is 20.1 Å². The Hall–Kier alpha value is -3.89. The Morgan fingerprint density at radius 1 is 1.03 bits per heavy atom. The molecule has 0 saturated heterocycles. The summed E-state index contributed by atoms with van der Waals surface area (Å²) in [5.41, 5.74) is 3.88. The Morgan fingerprint density at radius 2 is 1.84 bits per heavy atom. The summed E-state index contributed by atoms with van der Waals surface area (Å²) in [6.45, 7) is 3.43. The fourth-order valence-corrected chi connectivity index (χ4v) is 4.34. The first-order valence-electron chi connectivity index (χ1n) is 12.0. The maximum atomic E-state index is 12.2. The van der Waals surface area contributed by atoms with E-state index in [4.69, 9.17) is 9.47 Å². The topological polar surface area (TPSA) is 103 Å². The molecule has 4 aromatic rings. The fraction of sp³-hybridized carbons (Fsp3) is 0.259. The van der Waals surface area contributed by atoms with E-state index >= 15 is 0 Å². The number of thioether (sulfide) groups is 1. The van der Waals surface area contributed by atoms with Gasteiger partial charge >= 0.3 is 0 Å². The molecule has 1 heterocycles. The summed E-state index contributed by atoms with van der Waals surface area (Å²) in [5.74, 6) is 1.77. The second-order valence-corrected chi connectivity index (χ2v) is 9.34. The van der Waals surface area contributed by atoms with E-state index in [1.165, 1.54) is 0 Å². The van der Waals surface area contributed by atoms with Gasteiger partial charge in [-0.25, -0.2) is 0 Å². The van der Waals surface area contributed by atoms with Gasteiger partial charge in [0.25, 0.3) is 5.91 Å². The molecule has 0 atom stereocenters. The molecule has 192 valence electrons. The SMILES string of the molecule is COc1cc(CNCCCSc2nnnn2-c2ccccc2)ccc1OCC(=O)Nc1ccc(C)cc1. The van der Waals surface area contributed by atoms with E-state index in [2.05, 4.69) is 26.2 Å². The molecule has 0 unspecified atom stereocenters. The van der Waals surface area contributed by atoms with Crippen LogP contribution in [0.1, 0.15) is 17.5 Å². The van der Waals surface area contributed by atoms with Crippen molar-refractivity contribution in [2.24, 2.45) is 0 Å². The predicted molar refractivity (Wildman–Crippen MR) is 144 cm³/mol. The second kappa shape index (κ2) is 13.4. The monoisotopic (exact) mass is 518 g/mol. The third-order valence-electron chi connectivity index (χ3n) is 5.42. The van der Waals surface area contributed by atoms with E-state index in [1.807, 2.05) is 79.7 Å². The van der Waals surface area contributed by atoms with E-state index in [1.54, 1.807) is 23.6 Å². The minimum Gasteiger partial charge on any atom is -0.493 e. The zero-order chi connectivity index (χ0) is 25.9. The lowest BCUT2D eigenvalue weighted by Crippen LogP contribution is -2.20. The molecule has 0 aliphatic heterocycles. The molecule has 1 aromatic heterocycles. The maximum Gasteiger partial charge on any atom is 0.262 e. The molecule has 10 heteroatoms. The molecular weight excluding hydrogens is 488 g/mol. The lowest BCUT2D eigenvalue weighted by Gasteiger charge is -2.13. The van der Waals surface area contributed by atoms with Crippen LogP contribution in [0, 0.1) is 6.92 Å². The lowest BCUT2D eigenvalue weighted by molar-refractivity contribution is -0.118. The van der Waals surface area contributed by atoms with Crippen LogP contribution in [0.2, 0.25) is 0 Å². The van der Waals surface area contributed by atoms with Crippen LogP contribution in [-0.4, -0.2) is 52.1 Å². The van der Waals surface area contributed by atoms with Crippen molar-refractivity contribution in [1.82, 2.24) is 25.5 Å². The summed E-state index contributed by atoms with van der Waals surface area (Å²) >= 11 is 1.63. The van der Waals surface area contributed by atoms with Crippen molar-refractivity contribution in [3.05, 3.63) is 83.9 Å². The quantitative estimate of drug-likeness (QED) is 0.200. The number of ether oxygens (including phenoxy) is 2. The summed E-state index contributed by atoms with van der Waals surface area (Å²) < 4.78 is 12.9. The minimum atomic E-state index is -0.229. The van der Waals surface area contributed by atoms with Gasteiger partial charge < -0.3 is 20.1 Å². The Labute approximate surface area is 220 Å². The molecule has 3 aromatic carbocycles.